The van der Waals surface area contributed by atoms with Crippen LogP contribution in [0.3, 0.4) is 0 Å². The minimum atomic E-state index is 0.531. The molecular formula is C7H12N2. The minimum absolute atomic E-state index is 0.531. The van der Waals surface area contributed by atoms with Crippen LogP contribution in [0.25, 0.3) is 0 Å². The van der Waals surface area contributed by atoms with Crippen molar-refractivity contribution in [3.8, 4) is 0 Å². The summed E-state index contributed by atoms with van der Waals surface area (Å²) in [5.74, 6) is 0.531. The highest BCUT2D eigenvalue weighted by Gasteiger charge is 2.24. The molecule has 0 unspecified atom stereocenters. The molecule has 0 aromatic carbocycles. The second-order valence-electron chi connectivity index (χ2n) is 2.62. The molecule has 0 radical (unpaired) electrons. The third kappa shape index (κ3) is 1.88. The minimum Gasteiger partial charge on any atom is -0.402 e. The van der Waals surface area contributed by atoms with E-state index >= 15 is 0 Å². The molecule has 0 atom stereocenters. The molecule has 0 saturated heterocycles. The zero-order valence-electron chi connectivity index (χ0n) is 5.65. The molecule has 3 N–H and O–H groups in total. The van der Waals surface area contributed by atoms with Gasteiger partial charge in [-0.1, -0.05) is 0 Å². The molecular weight excluding hydrogens is 112 g/mol. The summed E-state index contributed by atoms with van der Waals surface area (Å²) < 4.78 is 0. The van der Waals surface area contributed by atoms with Crippen LogP contribution < -0.4 is 5.73 Å². The van der Waals surface area contributed by atoms with Gasteiger partial charge in [0.15, 0.2) is 0 Å². The quantitative estimate of drug-likeness (QED) is 0.535. The molecule has 0 spiro atoms. The summed E-state index contributed by atoms with van der Waals surface area (Å²) in [6, 6.07) is 0. The number of allylic oxidation sites excluding steroid dienone is 2. The number of hydrogen-bond acceptors (Lipinski definition) is 2. The van der Waals surface area contributed by atoms with Crippen molar-refractivity contribution in [1.29, 1.82) is 5.41 Å². The number of rotatable bonds is 2. The maximum absolute atomic E-state index is 7.38. The average molecular weight is 124 g/mol. The predicted molar refractivity (Wildman–Crippen MR) is 38.4 cm³/mol. The summed E-state index contributed by atoms with van der Waals surface area (Å²) >= 11 is 0. The van der Waals surface area contributed by atoms with Crippen molar-refractivity contribution in [1.82, 2.24) is 0 Å². The molecule has 1 fully saturated rings. The fraction of sp³-hybridized carbons (Fsp3) is 0.571. The van der Waals surface area contributed by atoms with Gasteiger partial charge < -0.3 is 11.1 Å². The first-order chi connectivity index (χ1) is 4.20. The first-order valence-electron chi connectivity index (χ1n) is 3.22. The van der Waals surface area contributed by atoms with E-state index in [0.29, 0.717) is 11.6 Å². The highest BCUT2D eigenvalue weighted by atomic mass is 14.6. The largest absolute Gasteiger partial charge is 0.402 e. The van der Waals surface area contributed by atoms with Crippen molar-refractivity contribution in [3.63, 3.8) is 0 Å². The molecule has 2 nitrogen and oxygen atoms in total. The summed E-state index contributed by atoms with van der Waals surface area (Å²) in [7, 11) is 0. The van der Waals surface area contributed by atoms with Crippen LogP contribution in [0.5, 0.6) is 0 Å². The lowest BCUT2D eigenvalue weighted by Gasteiger charge is -1.92. The van der Waals surface area contributed by atoms with Gasteiger partial charge in [0.1, 0.15) is 0 Å². The van der Waals surface area contributed by atoms with E-state index in [1.165, 1.54) is 12.8 Å². The Bertz CT molecular complexity index is 150. The van der Waals surface area contributed by atoms with Gasteiger partial charge in [-0.3, -0.25) is 0 Å². The molecule has 0 aliphatic heterocycles. The van der Waals surface area contributed by atoms with E-state index in [1.807, 2.05) is 6.92 Å². The van der Waals surface area contributed by atoms with E-state index < -0.39 is 0 Å². The van der Waals surface area contributed by atoms with E-state index in [9.17, 15) is 0 Å². The van der Waals surface area contributed by atoms with E-state index in [0.717, 1.165) is 5.70 Å². The van der Waals surface area contributed by atoms with Crippen molar-refractivity contribution in [2.75, 3.05) is 0 Å². The van der Waals surface area contributed by atoms with Crippen molar-refractivity contribution in [3.05, 3.63) is 11.8 Å². The van der Waals surface area contributed by atoms with Crippen molar-refractivity contribution >= 4 is 5.71 Å². The Morgan fingerprint density at radius 1 is 1.67 bits per heavy atom. The second kappa shape index (κ2) is 2.21. The Morgan fingerprint density at radius 3 is 2.56 bits per heavy atom. The monoisotopic (exact) mass is 124 g/mol. The van der Waals surface area contributed by atoms with E-state index in [2.05, 4.69) is 0 Å². The Kier molecular flexibility index (Phi) is 1.56. The second-order valence-corrected chi connectivity index (χ2v) is 2.62. The predicted octanol–water partition coefficient (Wildman–Crippen LogP) is 1.28. The van der Waals surface area contributed by atoms with E-state index in [4.69, 9.17) is 11.1 Å². The van der Waals surface area contributed by atoms with Crippen molar-refractivity contribution in [2.45, 2.75) is 19.8 Å². The Hall–Kier alpha value is -0.790. The molecule has 9 heavy (non-hydrogen) atoms. The molecule has 1 saturated carbocycles. The van der Waals surface area contributed by atoms with E-state index in [-0.39, 0.29) is 0 Å². The lowest BCUT2D eigenvalue weighted by molar-refractivity contribution is 1.16. The van der Waals surface area contributed by atoms with Crippen LogP contribution in [-0.2, 0) is 0 Å². The lowest BCUT2D eigenvalue weighted by atomic mass is 10.2. The number of nitrogens with two attached hydrogens (primary N) is 1. The highest BCUT2D eigenvalue weighted by molar-refractivity contribution is 5.96. The van der Waals surface area contributed by atoms with Gasteiger partial charge in [0, 0.05) is 17.3 Å². The standard InChI is InChI=1S/C7H12N2/c1-5(8)4-7(9)6-2-3-6/h4,6,9H,2-3,8H2,1H3. The van der Waals surface area contributed by atoms with Gasteiger partial charge in [-0.15, -0.1) is 0 Å². The molecule has 50 valence electrons. The molecule has 0 aromatic heterocycles. The van der Waals surface area contributed by atoms with Gasteiger partial charge in [-0.05, 0) is 25.8 Å². The van der Waals surface area contributed by atoms with Gasteiger partial charge in [0.25, 0.3) is 0 Å². The van der Waals surface area contributed by atoms with Crippen molar-refractivity contribution in [2.24, 2.45) is 11.7 Å². The number of nitrogens with one attached hydrogen (secondary N) is 1. The van der Waals surface area contributed by atoms with E-state index in [1.54, 1.807) is 6.08 Å². The molecule has 1 aliphatic carbocycles. The molecule has 0 amide bonds. The normalized spacial score (nSPS) is 19.9. The summed E-state index contributed by atoms with van der Waals surface area (Å²) in [5, 5.41) is 7.38. The molecule has 1 aliphatic rings. The van der Waals surface area contributed by atoms with Crippen LogP contribution in [0, 0.1) is 11.3 Å². The van der Waals surface area contributed by atoms with Crippen LogP contribution >= 0.6 is 0 Å². The van der Waals surface area contributed by atoms with Gasteiger partial charge in [-0.2, -0.15) is 0 Å². The molecule has 1 rings (SSSR count). The fourth-order valence-corrected chi connectivity index (χ4v) is 0.757. The SMILES string of the molecule is CC(N)=CC(=N)C1CC1. The lowest BCUT2D eigenvalue weighted by Crippen LogP contribution is -1.99. The van der Waals surface area contributed by atoms with Crippen LogP contribution in [0.15, 0.2) is 11.8 Å². The van der Waals surface area contributed by atoms with Crippen LogP contribution in [0.4, 0.5) is 0 Å². The summed E-state index contributed by atoms with van der Waals surface area (Å²) in [4.78, 5) is 0. The first kappa shape index (κ1) is 6.33. The van der Waals surface area contributed by atoms with Crippen molar-refractivity contribution < 1.29 is 0 Å². The summed E-state index contributed by atoms with van der Waals surface area (Å²) in [5.41, 5.74) is 6.83. The zero-order chi connectivity index (χ0) is 6.85. The van der Waals surface area contributed by atoms with Gasteiger partial charge in [-0.25, -0.2) is 0 Å². The average Bonchev–Trinajstić information content (AvgIpc) is 2.40. The summed E-state index contributed by atoms with van der Waals surface area (Å²) in [6.45, 7) is 1.82. The maximum atomic E-state index is 7.38. The topological polar surface area (TPSA) is 49.9 Å². The molecule has 0 heterocycles. The number of hydrogen-bond donors (Lipinski definition) is 2. The fourth-order valence-electron chi connectivity index (χ4n) is 0.757. The van der Waals surface area contributed by atoms with Gasteiger partial charge >= 0.3 is 0 Å². The third-order valence-electron chi connectivity index (χ3n) is 1.40. The third-order valence-corrected chi connectivity index (χ3v) is 1.40. The van der Waals surface area contributed by atoms with Crippen LogP contribution in [-0.4, -0.2) is 5.71 Å². The first-order valence-corrected chi connectivity index (χ1v) is 3.22. The van der Waals surface area contributed by atoms with Crippen LogP contribution in [0.1, 0.15) is 19.8 Å². The van der Waals surface area contributed by atoms with Gasteiger partial charge in [0.2, 0.25) is 0 Å². The molecule has 0 bridgehead atoms. The Labute approximate surface area is 55.3 Å². The summed E-state index contributed by atoms with van der Waals surface area (Å²) in [6.07, 6.45) is 4.11. The van der Waals surface area contributed by atoms with Gasteiger partial charge in [0.05, 0.1) is 0 Å². The molecule has 0 aromatic rings. The highest BCUT2D eigenvalue weighted by Crippen LogP contribution is 2.30. The maximum Gasteiger partial charge on any atom is 0.0361 e. The molecule has 2 heteroatoms. The zero-order valence-corrected chi connectivity index (χ0v) is 5.65. The smallest absolute Gasteiger partial charge is 0.0361 e. The Balaban J connectivity index is 2.42. The Morgan fingerprint density at radius 2 is 2.22 bits per heavy atom. The van der Waals surface area contributed by atoms with Crippen LogP contribution in [0.2, 0.25) is 0 Å².